The smallest absolute Gasteiger partial charge is 0.335 e. The summed E-state index contributed by atoms with van der Waals surface area (Å²) in [4.78, 5) is 37.1. The summed E-state index contributed by atoms with van der Waals surface area (Å²) in [5.74, 6) is -1.12. The van der Waals surface area contributed by atoms with E-state index in [9.17, 15) is 14.4 Å². The lowest BCUT2D eigenvalue weighted by molar-refractivity contribution is 0.0697. The SMILES string of the molecule is O=C(O)c1ccc2[nH]c(=O)c(=O)n(Cc3ccon3)c2c1. The fourth-order valence-electron chi connectivity index (χ4n) is 2.04. The molecule has 0 unspecified atom stereocenters. The Hall–Kier alpha value is -3.16. The second-order valence-electron chi connectivity index (χ2n) is 4.37. The van der Waals surface area contributed by atoms with Gasteiger partial charge in [0.25, 0.3) is 0 Å². The summed E-state index contributed by atoms with van der Waals surface area (Å²) >= 11 is 0. The number of rotatable bonds is 3. The number of H-pyrrole nitrogens is 1. The van der Waals surface area contributed by atoms with E-state index in [2.05, 4.69) is 14.7 Å². The van der Waals surface area contributed by atoms with Gasteiger partial charge in [-0.15, -0.1) is 0 Å². The van der Waals surface area contributed by atoms with Crippen molar-refractivity contribution in [1.29, 1.82) is 0 Å². The molecule has 3 rings (SSSR count). The number of benzene rings is 1. The van der Waals surface area contributed by atoms with Crippen LogP contribution in [0.25, 0.3) is 11.0 Å². The number of aromatic nitrogens is 3. The highest BCUT2D eigenvalue weighted by Crippen LogP contribution is 2.13. The lowest BCUT2D eigenvalue weighted by Crippen LogP contribution is -2.36. The largest absolute Gasteiger partial charge is 0.478 e. The molecule has 0 aliphatic carbocycles. The standard InChI is InChI=1S/C13H9N3O5/c17-11-12(18)16(6-8-3-4-21-15-8)10-5-7(13(19)20)1-2-9(10)14-11/h1-5H,6H2,(H,14,17)(H,19,20). The van der Waals surface area contributed by atoms with Gasteiger partial charge in [0.15, 0.2) is 0 Å². The molecule has 8 nitrogen and oxygen atoms in total. The van der Waals surface area contributed by atoms with Gasteiger partial charge in [-0.2, -0.15) is 0 Å². The fraction of sp³-hybridized carbons (Fsp3) is 0.0769. The van der Waals surface area contributed by atoms with E-state index in [1.165, 1.54) is 29.0 Å². The Morgan fingerprint density at radius 3 is 2.81 bits per heavy atom. The maximum atomic E-state index is 12.0. The van der Waals surface area contributed by atoms with Crippen molar-refractivity contribution in [3.05, 3.63) is 62.5 Å². The van der Waals surface area contributed by atoms with Crippen LogP contribution in [0, 0.1) is 0 Å². The highest BCUT2D eigenvalue weighted by Gasteiger charge is 2.12. The molecule has 3 aromatic rings. The Kier molecular flexibility index (Phi) is 2.90. The summed E-state index contributed by atoms with van der Waals surface area (Å²) < 4.78 is 5.85. The minimum Gasteiger partial charge on any atom is -0.478 e. The zero-order valence-electron chi connectivity index (χ0n) is 10.6. The molecule has 2 heterocycles. The number of carbonyl (C=O) groups is 1. The van der Waals surface area contributed by atoms with Crippen LogP contribution in [0.2, 0.25) is 0 Å². The lowest BCUT2D eigenvalue weighted by Gasteiger charge is -2.08. The van der Waals surface area contributed by atoms with Gasteiger partial charge in [0.2, 0.25) is 0 Å². The summed E-state index contributed by atoms with van der Waals surface area (Å²) in [7, 11) is 0. The average molecular weight is 287 g/mol. The molecule has 1 aromatic carbocycles. The zero-order valence-corrected chi connectivity index (χ0v) is 10.6. The van der Waals surface area contributed by atoms with Crippen LogP contribution in [0.5, 0.6) is 0 Å². The van der Waals surface area contributed by atoms with E-state index in [4.69, 9.17) is 5.11 Å². The van der Waals surface area contributed by atoms with E-state index in [1.807, 2.05) is 0 Å². The zero-order chi connectivity index (χ0) is 15.0. The predicted octanol–water partition coefficient (Wildman–Crippen LogP) is 0.424. The van der Waals surface area contributed by atoms with Gasteiger partial charge in [-0.25, -0.2) is 4.79 Å². The van der Waals surface area contributed by atoms with Crippen LogP contribution < -0.4 is 11.1 Å². The van der Waals surface area contributed by atoms with Gasteiger partial charge >= 0.3 is 17.1 Å². The van der Waals surface area contributed by atoms with Crippen molar-refractivity contribution < 1.29 is 14.4 Å². The summed E-state index contributed by atoms with van der Waals surface area (Å²) in [5, 5.41) is 12.7. The van der Waals surface area contributed by atoms with Gasteiger partial charge in [0.1, 0.15) is 12.0 Å². The number of aromatic carboxylic acids is 1. The molecule has 2 aromatic heterocycles. The van der Waals surface area contributed by atoms with E-state index < -0.39 is 17.1 Å². The molecule has 0 atom stereocenters. The van der Waals surface area contributed by atoms with E-state index >= 15 is 0 Å². The minimum atomic E-state index is -1.12. The van der Waals surface area contributed by atoms with Gasteiger partial charge in [-0.1, -0.05) is 5.16 Å². The molecule has 8 heteroatoms. The first-order valence-corrected chi connectivity index (χ1v) is 5.95. The molecular formula is C13H9N3O5. The minimum absolute atomic E-state index is 0.0127. The Morgan fingerprint density at radius 2 is 2.14 bits per heavy atom. The van der Waals surface area contributed by atoms with Crippen LogP contribution >= 0.6 is 0 Å². The molecule has 0 aliphatic rings. The van der Waals surface area contributed by atoms with Crippen molar-refractivity contribution >= 4 is 17.0 Å². The van der Waals surface area contributed by atoms with E-state index in [-0.39, 0.29) is 12.1 Å². The van der Waals surface area contributed by atoms with Crippen LogP contribution in [0.15, 0.2) is 44.6 Å². The van der Waals surface area contributed by atoms with Gasteiger partial charge in [-0.3, -0.25) is 14.2 Å². The fourth-order valence-corrected chi connectivity index (χ4v) is 2.04. The Bertz CT molecular complexity index is 937. The normalized spacial score (nSPS) is 10.9. The highest BCUT2D eigenvalue weighted by atomic mass is 16.5. The second kappa shape index (κ2) is 4.75. The molecule has 21 heavy (non-hydrogen) atoms. The number of aromatic amines is 1. The third-order valence-electron chi connectivity index (χ3n) is 3.03. The third-order valence-corrected chi connectivity index (χ3v) is 3.03. The molecule has 106 valence electrons. The second-order valence-corrected chi connectivity index (χ2v) is 4.37. The van der Waals surface area contributed by atoms with Crippen molar-refractivity contribution in [3.63, 3.8) is 0 Å². The first-order valence-electron chi connectivity index (χ1n) is 5.95. The van der Waals surface area contributed by atoms with Crippen LogP contribution in [0.1, 0.15) is 16.1 Å². The van der Waals surface area contributed by atoms with Crippen LogP contribution in [0.3, 0.4) is 0 Å². The number of carboxylic acid groups (broad SMARTS) is 1. The molecule has 0 aliphatic heterocycles. The molecule has 0 saturated heterocycles. The summed E-state index contributed by atoms with van der Waals surface area (Å²) in [6.07, 6.45) is 1.35. The van der Waals surface area contributed by atoms with Crippen molar-refractivity contribution in [3.8, 4) is 0 Å². The topological polar surface area (TPSA) is 118 Å². The summed E-state index contributed by atoms with van der Waals surface area (Å²) in [6, 6.07) is 5.68. The predicted molar refractivity (Wildman–Crippen MR) is 71.4 cm³/mol. The number of nitrogens with one attached hydrogen (secondary N) is 1. The Morgan fingerprint density at radius 1 is 1.33 bits per heavy atom. The number of nitrogens with zero attached hydrogens (tertiary/aromatic N) is 2. The molecule has 0 spiro atoms. The number of carboxylic acids is 1. The number of fused-ring (bicyclic) bond motifs is 1. The van der Waals surface area contributed by atoms with E-state index in [1.54, 1.807) is 6.07 Å². The molecule has 0 saturated carbocycles. The average Bonchev–Trinajstić information content (AvgIpc) is 2.96. The quantitative estimate of drug-likeness (QED) is 0.674. The van der Waals surface area contributed by atoms with E-state index in [0.717, 1.165) is 0 Å². The molecule has 0 radical (unpaired) electrons. The first-order chi connectivity index (χ1) is 10.1. The van der Waals surface area contributed by atoms with Gasteiger partial charge in [0, 0.05) is 6.07 Å². The first kappa shape index (κ1) is 12.9. The lowest BCUT2D eigenvalue weighted by atomic mass is 10.2. The third kappa shape index (κ3) is 2.22. The summed E-state index contributed by atoms with van der Waals surface area (Å²) in [5.41, 5.74) is -0.426. The maximum Gasteiger partial charge on any atom is 0.335 e. The molecule has 0 amide bonds. The number of hydrogen-bond donors (Lipinski definition) is 2. The molecule has 0 fully saturated rings. The molecular weight excluding hydrogens is 278 g/mol. The van der Waals surface area contributed by atoms with Gasteiger partial charge in [0.05, 0.1) is 23.1 Å². The molecule has 0 bridgehead atoms. The summed E-state index contributed by atoms with van der Waals surface area (Å²) in [6.45, 7) is 0.0127. The van der Waals surface area contributed by atoms with Crippen LogP contribution in [-0.4, -0.2) is 25.8 Å². The van der Waals surface area contributed by atoms with Crippen LogP contribution in [0.4, 0.5) is 0 Å². The number of hydrogen-bond acceptors (Lipinski definition) is 5. The van der Waals surface area contributed by atoms with Crippen molar-refractivity contribution in [2.24, 2.45) is 0 Å². The highest BCUT2D eigenvalue weighted by molar-refractivity contribution is 5.92. The van der Waals surface area contributed by atoms with Crippen molar-refractivity contribution in [1.82, 2.24) is 14.7 Å². The van der Waals surface area contributed by atoms with Crippen molar-refractivity contribution in [2.45, 2.75) is 6.54 Å². The van der Waals surface area contributed by atoms with Gasteiger partial charge < -0.3 is 14.6 Å². The molecule has 2 N–H and O–H groups in total. The Labute approximate surface area is 116 Å². The maximum absolute atomic E-state index is 12.0. The monoisotopic (exact) mass is 287 g/mol. The Balaban J connectivity index is 2.30. The van der Waals surface area contributed by atoms with Crippen molar-refractivity contribution in [2.75, 3.05) is 0 Å². The van der Waals surface area contributed by atoms with Crippen LogP contribution in [-0.2, 0) is 6.54 Å². The van der Waals surface area contributed by atoms with Gasteiger partial charge in [-0.05, 0) is 18.2 Å². The van der Waals surface area contributed by atoms with E-state index in [0.29, 0.717) is 16.7 Å².